The molecule has 4 fully saturated rings. The number of anilines is 1. The number of hydrogen-bond acceptors (Lipinski definition) is 7. The number of rotatable bonds is 5. The first kappa shape index (κ1) is 28.7. The van der Waals surface area contributed by atoms with Gasteiger partial charge in [-0.3, -0.25) is 9.59 Å². The SMILES string of the molecule is C[C@H](c1cccc(N)c1)c1cccc([C@@H]2O[C@@H]3C[C@H]4[C@@H]5CCC6=CC(=O)C=C[C@]6(C)[C@H]5[C@@H](O)C[C@]4(C)[C@]3(C(=O)CO)O2)c1. The predicted octanol–water partition coefficient (Wildman–Crippen LogP) is 5.02. The summed E-state index contributed by atoms with van der Waals surface area (Å²) in [5.41, 5.74) is 8.34. The number of benzene rings is 2. The summed E-state index contributed by atoms with van der Waals surface area (Å²) in [6, 6.07) is 15.9. The van der Waals surface area contributed by atoms with E-state index in [1.54, 1.807) is 12.2 Å². The zero-order valence-electron chi connectivity index (χ0n) is 25.0. The molecular weight excluding hydrogens is 542 g/mol. The van der Waals surface area contributed by atoms with Gasteiger partial charge in [-0.15, -0.1) is 0 Å². The van der Waals surface area contributed by atoms with Gasteiger partial charge in [-0.05, 0) is 72.9 Å². The van der Waals surface area contributed by atoms with Gasteiger partial charge in [0.2, 0.25) is 0 Å². The van der Waals surface area contributed by atoms with Crippen LogP contribution in [-0.2, 0) is 19.1 Å². The zero-order valence-corrected chi connectivity index (χ0v) is 25.0. The third-order valence-electron chi connectivity index (χ3n) is 11.9. The molecule has 226 valence electrons. The monoisotopic (exact) mass is 583 g/mol. The molecule has 3 saturated carbocycles. The van der Waals surface area contributed by atoms with Crippen molar-refractivity contribution in [2.45, 2.75) is 76.5 Å². The Morgan fingerprint density at radius 1 is 1.14 bits per heavy atom. The van der Waals surface area contributed by atoms with Crippen LogP contribution in [0.15, 0.2) is 72.3 Å². The van der Waals surface area contributed by atoms with E-state index in [9.17, 15) is 19.8 Å². The molecule has 4 aliphatic carbocycles. The highest BCUT2D eigenvalue weighted by Crippen LogP contribution is 2.70. The summed E-state index contributed by atoms with van der Waals surface area (Å²) in [5, 5.41) is 22.1. The number of nitrogens with two attached hydrogens (primary N) is 1. The third-order valence-corrected chi connectivity index (χ3v) is 11.9. The fourth-order valence-electron chi connectivity index (χ4n) is 9.83. The number of aliphatic hydroxyl groups is 2. The smallest absolute Gasteiger partial charge is 0.193 e. The van der Waals surface area contributed by atoms with E-state index < -0.39 is 41.5 Å². The number of carbonyl (C=O) groups excluding carboxylic acids is 2. The number of carbonyl (C=O) groups is 2. The number of ketones is 2. The quantitative estimate of drug-likeness (QED) is 0.423. The van der Waals surface area contributed by atoms with Gasteiger partial charge in [-0.1, -0.05) is 68.8 Å². The minimum absolute atomic E-state index is 0.00293. The summed E-state index contributed by atoms with van der Waals surface area (Å²) >= 11 is 0. The molecule has 1 aliphatic heterocycles. The number of ether oxygens (including phenoxy) is 2. The first-order valence-electron chi connectivity index (χ1n) is 15.6. The maximum absolute atomic E-state index is 13.8. The Labute approximate surface area is 252 Å². The molecule has 2 aromatic rings. The lowest BCUT2D eigenvalue weighted by Gasteiger charge is -2.59. The Kier molecular flexibility index (Phi) is 6.64. The molecule has 4 N–H and O–H groups in total. The maximum atomic E-state index is 13.8. The lowest BCUT2D eigenvalue weighted by Crippen LogP contribution is -2.63. The average molecular weight is 584 g/mol. The van der Waals surface area contributed by atoms with Gasteiger partial charge in [0.25, 0.3) is 0 Å². The Bertz CT molecular complexity index is 1550. The molecule has 7 heteroatoms. The number of Topliss-reactive ketones (excluding diaryl/α,β-unsaturated/α-hetero) is 1. The Morgan fingerprint density at radius 2 is 1.88 bits per heavy atom. The number of allylic oxidation sites excluding steroid dienone is 4. The van der Waals surface area contributed by atoms with Crippen molar-refractivity contribution in [2.75, 3.05) is 12.3 Å². The van der Waals surface area contributed by atoms with Crippen molar-refractivity contribution < 1.29 is 29.3 Å². The summed E-state index contributed by atoms with van der Waals surface area (Å²) in [4.78, 5) is 26.0. The molecule has 5 aliphatic rings. The minimum atomic E-state index is -1.37. The molecular formula is C36H41NO6. The second-order valence-corrected chi connectivity index (χ2v) is 13.9. The van der Waals surface area contributed by atoms with Gasteiger partial charge >= 0.3 is 0 Å². The normalized spacial score (nSPS) is 40.2. The largest absolute Gasteiger partial charge is 0.399 e. The first-order valence-corrected chi connectivity index (χ1v) is 15.6. The van der Waals surface area contributed by atoms with E-state index in [-0.39, 0.29) is 35.2 Å². The second-order valence-electron chi connectivity index (χ2n) is 13.9. The first-order chi connectivity index (χ1) is 20.5. The number of aliphatic hydroxyl groups excluding tert-OH is 2. The number of nitrogen functional groups attached to an aromatic ring is 1. The molecule has 1 saturated heterocycles. The Hall–Kier alpha value is -3.10. The van der Waals surface area contributed by atoms with Gasteiger partial charge in [0.15, 0.2) is 23.5 Å². The third kappa shape index (κ3) is 4.01. The topological polar surface area (TPSA) is 119 Å². The van der Waals surface area contributed by atoms with Crippen LogP contribution in [0.4, 0.5) is 5.69 Å². The summed E-state index contributed by atoms with van der Waals surface area (Å²) in [5.74, 6) is -0.192. The molecule has 0 bridgehead atoms. The van der Waals surface area contributed by atoms with Gasteiger partial charge < -0.3 is 25.4 Å². The standard InChI is InChI=1S/C36H41NO6/c1-20(22-7-5-9-25(37)15-22)21-6-4-8-23(14-21)33-42-31-17-28-27-11-10-24-16-26(39)12-13-34(24,2)32(27)29(40)18-35(28,3)36(31,43-33)30(41)19-38/h4-9,12-16,20,27-29,31-33,38,40H,10-11,17-19,37H2,1-3H3/t20-,27-,28-,29-,31+,32+,33+,34-,35-,36+/m0/s1. The summed E-state index contributed by atoms with van der Waals surface area (Å²) in [6.07, 6.45) is 5.92. The van der Waals surface area contributed by atoms with E-state index >= 15 is 0 Å². The van der Waals surface area contributed by atoms with Gasteiger partial charge in [0.1, 0.15) is 6.61 Å². The molecule has 7 nitrogen and oxygen atoms in total. The van der Waals surface area contributed by atoms with Crippen molar-refractivity contribution in [3.05, 3.63) is 89.0 Å². The predicted molar refractivity (Wildman–Crippen MR) is 162 cm³/mol. The molecule has 10 atom stereocenters. The Morgan fingerprint density at radius 3 is 2.63 bits per heavy atom. The lowest BCUT2D eigenvalue weighted by molar-refractivity contribution is -0.201. The van der Waals surface area contributed by atoms with Crippen molar-refractivity contribution in [1.82, 2.24) is 0 Å². The zero-order chi connectivity index (χ0) is 30.3. The van der Waals surface area contributed by atoms with E-state index in [0.29, 0.717) is 18.5 Å². The van der Waals surface area contributed by atoms with Crippen LogP contribution >= 0.6 is 0 Å². The summed E-state index contributed by atoms with van der Waals surface area (Å²) in [7, 11) is 0. The van der Waals surface area contributed by atoms with Crippen molar-refractivity contribution >= 4 is 17.3 Å². The molecule has 0 amide bonds. The van der Waals surface area contributed by atoms with Crippen molar-refractivity contribution in [3.63, 3.8) is 0 Å². The van der Waals surface area contributed by atoms with Crippen molar-refractivity contribution in [1.29, 1.82) is 0 Å². The Balaban J connectivity index is 1.22. The van der Waals surface area contributed by atoms with E-state index in [1.165, 1.54) is 0 Å². The summed E-state index contributed by atoms with van der Waals surface area (Å²) < 4.78 is 13.4. The summed E-state index contributed by atoms with van der Waals surface area (Å²) in [6.45, 7) is 5.67. The van der Waals surface area contributed by atoms with E-state index in [1.807, 2.05) is 36.4 Å². The maximum Gasteiger partial charge on any atom is 0.193 e. The molecule has 2 aromatic carbocycles. The van der Waals surface area contributed by atoms with Crippen LogP contribution in [0.1, 0.15) is 75.4 Å². The van der Waals surface area contributed by atoms with Crippen molar-refractivity contribution in [2.24, 2.45) is 28.6 Å². The number of hydrogen-bond donors (Lipinski definition) is 3. The van der Waals surface area contributed by atoms with Gasteiger partial charge in [-0.2, -0.15) is 0 Å². The van der Waals surface area contributed by atoms with Gasteiger partial charge in [-0.25, -0.2) is 0 Å². The molecule has 0 unspecified atom stereocenters. The van der Waals surface area contributed by atoms with Gasteiger partial charge in [0, 0.05) is 33.9 Å². The van der Waals surface area contributed by atoms with E-state index in [2.05, 4.69) is 39.0 Å². The molecule has 43 heavy (non-hydrogen) atoms. The van der Waals surface area contributed by atoms with Crippen LogP contribution in [0.2, 0.25) is 0 Å². The van der Waals surface area contributed by atoms with E-state index in [4.69, 9.17) is 15.2 Å². The molecule has 0 spiro atoms. The van der Waals surface area contributed by atoms with E-state index in [0.717, 1.165) is 35.1 Å². The molecule has 1 heterocycles. The molecule has 0 aromatic heterocycles. The number of fused-ring (bicyclic) bond motifs is 7. The van der Waals surface area contributed by atoms with Crippen LogP contribution < -0.4 is 5.73 Å². The minimum Gasteiger partial charge on any atom is -0.399 e. The molecule has 0 radical (unpaired) electrons. The fraction of sp³-hybridized carbons (Fsp3) is 0.500. The van der Waals surface area contributed by atoms with Crippen LogP contribution in [0, 0.1) is 28.6 Å². The van der Waals surface area contributed by atoms with Crippen LogP contribution in [0.3, 0.4) is 0 Å². The average Bonchev–Trinajstić information content (AvgIpc) is 3.49. The van der Waals surface area contributed by atoms with Crippen LogP contribution in [0.5, 0.6) is 0 Å². The lowest BCUT2D eigenvalue weighted by atomic mass is 9.46. The van der Waals surface area contributed by atoms with Crippen molar-refractivity contribution in [3.8, 4) is 0 Å². The second kappa shape index (κ2) is 9.96. The molecule has 7 rings (SSSR count). The van der Waals surface area contributed by atoms with Crippen LogP contribution in [-0.4, -0.2) is 46.2 Å². The van der Waals surface area contributed by atoms with Crippen LogP contribution in [0.25, 0.3) is 0 Å². The highest BCUT2D eigenvalue weighted by Gasteiger charge is 2.75. The highest BCUT2D eigenvalue weighted by atomic mass is 16.7. The fourth-order valence-corrected chi connectivity index (χ4v) is 9.83. The van der Waals surface area contributed by atoms with Gasteiger partial charge in [0.05, 0.1) is 12.2 Å². The highest BCUT2D eigenvalue weighted by molar-refractivity contribution is 6.01.